The molecule has 3 nitrogen and oxygen atoms in total. The maximum absolute atomic E-state index is 6.37. The lowest BCUT2D eigenvalue weighted by atomic mass is 9.97. The summed E-state index contributed by atoms with van der Waals surface area (Å²) in [5.41, 5.74) is 6.37. The molecule has 3 heteroatoms. The summed E-state index contributed by atoms with van der Waals surface area (Å²) in [6, 6.07) is 0.330. The third-order valence-corrected chi connectivity index (χ3v) is 5.50. The molecule has 0 aliphatic carbocycles. The quantitative estimate of drug-likeness (QED) is 0.580. The standard InChI is InChI=1S/C20H43N3/c1-5-9-11-18(7-3)13-22-15-20(21)16-23(17-22)14-19(8-4)12-10-6-2/h18-20H,5-17,21H2,1-4H3. The first kappa shape index (κ1) is 20.9. The van der Waals surface area contributed by atoms with E-state index in [1.54, 1.807) is 0 Å². The van der Waals surface area contributed by atoms with Gasteiger partial charge in [0.15, 0.2) is 0 Å². The van der Waals surface area contributed by atoms with E-state index in [2.05, 4.69) is 37.5 Å². The lowest BCUT2D eigenvalue weighted by molar-refractivity contribution is 0.0466. The summed E-state index contributed by atoms with van der Waals surface area (Å²) in [5.74, 6) is 1.70. The molecule has 1 rings (SSSR count). The van der Waals surface area contributed by atoms with Crippen molar-refractivity contribution in [2.24, 2.45) is 17.6 Å². The molecular weight excluding hydrogens is 282 g/mol. The Labute approximate surface area is 146 Å². The third kappa shape index (κ3) is 8.51. The molecule has 1 saturated heterocycles. The summed E-state index contributed by atoms with van der Waals surface area (Å²) >= 11 is 0. The molecule has 0 radical (unpaired) electrons. The molecule has 0 amide bonds. The Balaban J connectivity index is 2.46. The van der Waals surface area contributed by atoms with Crippen LogP contribution in [0, 0.1) is 11.8 Å². The topological polar surface area (TPSA) is 32.5 Å². The Morgan fingerprint density at radius 2 is 1.26 bits per heavy atom. The van der Waals surface area contributed by atoms with Gasteiger partial charge in [-0.2, -0.15) is 0 Å². The number of unbranched alkanes of at least 4 members (excludes halogenated alkanes) is 2. The van der Waals surface area contributed by atoms with Crippen LogP contribution < -0.4 is 5.73 Å². The average Bonchev–Trinajstić information content (AvgIpc) is 2.54. The molecule has 1 aliphatic rings. The maximum Gasteiger partial charge on any atom is 0.0507 e. The fraction of sp³-hybridized carbons (Fsp3) is 1.00. The van der Waals surface area contributed by atoms with Crippen molar-refractivity contribution in [2.75, 3.05) is 32.8 Å². The van der Waals surface area contributed by atoms with Crippen molar-refractivity contribution in [3.63, 3.8) is 0 Å². The van der Waals surface area contributed by atoms with E-state index in [-0.39, 0.29) is 0 Å². The second-order valence-electron chi connectivity index (χ2n) is 7.81. The minimum absolute atomic E-state index is 0.330. The van der Waals surface area contributed by atoms with Crippen LogP contribution in [-0.2, 0) is 0 Å². The molecule has 0 saturated carbocycles. The third-order valence-electron chi connectivity index (χ3n) is 5.50. The second kappa shape index (κ2) is 12.3. The molecule has 23 heavy (non-hydrogen) atoms. The van der Waals surface area contributed by atoms with Crippen LogP contribution in [0.25, 0.3) is 0 Å². The van der Waals surface area contributed by atoms with E-state index in [0.717, 1.165) is 31.6 Å². The van der Waals surface area contributed by atoms with E-state index in [1.165, 1.54) is 64.5 Å². The Kier molecular flexibility index (Phi) is 11.2. The maximum atomic E-state index is 6.37. The van der Waals surface area contributed by atoms with Crippen molar-refractivity contribution in [3.8, 4) is 0 Å². The zero-order valence-electron chi connectivity index (χ0n) is 16.4. The first-order chi connectivity index (χ1) is 11.1. The number of hydrogen-bond acceptors (Lipinski definition) is 3. The van der Waals surface area contributed by atoms with E-state index in [4.69, 9.17) is 5.73 Å². The number of hydrogen-bond donors (Lipinski definition) is 1. The van der Waals surface area contributed by atoms with Gasteiger partial charge in [0.25, 0.3) is 0 Å². The van der Waals surface area contributed by atoms with E-state index >= 15 is 0 Å². The van der Waals surface area contributed by atoms with Gasteiger partial charge in [-0.25, -0.2) is 0 Å². The van der Waals surface area contributed by atoms with Gasteiger partial charge in [-0.15, -0.1) is 0 Å². The molecule has 1 fully saturated rings. The van der Waals surface area contributed by atoms with Crippen LogP contribution in [0.5, 0.6) is 0 Å². The van der Waals surface area contributed by atoms with Crippen LogP contribution in [-0.4, -0.2) is 48.7 Å². The summed E-state index contributed by atoms with van der Waals surface area (Å²) in [5, 5.41) is 0. The second-order valence-corrected chi connectivity index (χ2v) is 7.81. The molecule has 0 bridgehead atoms. The molecule has 0 aromatic heterocycles. The molecule has 2 atom stereocenters. The highest BCUT2D eigenvalue weighted by Crippen LogP contribution is 2.19. The van der Waals surface area contributed by atoms with Crippen molar-refractivity contribution in [1.29, 1.82) is 0 Å². The molecule has 0 spiro atoms. The monoisotopic (exact) mass is 325 g/mol. The fourth-order valence-corrected chi connectivity index (χ4v) is 3.95. The molecule has 2 N–H and O–H groups in total. The van der Waals surface area contributed by atoms with Gasteiger partial charge in [-0.05, 0) is 24.7 Å². The highest BCUT2D eigenvalue weighted by molar-refractivity contribution is 4.81. The molecule has 2 unspecified atom stereocenters. The zero-order valence-corrected chi connectivity index (χ0v) is 16.4. The summed E-state index contributed by atoms with van der Waals surface area (Å²) in [6.45, 7) is 15.1. The Morgan fingerprint density at radius 1 is 0.826 bits per heavy atom. The highest BCUT2D eigenvalue weighted by Gasteiger charge is 2.25. The van der Waals surface area contributed by atoms with E-state index in [1.807, 2.05) is 0 Å². The van der Waals surface area contributed by atoms with E-state index < -0.39 is 0 Å². The van der Waals surface area contributed by atoms with Gasteiger partial charge in [0.2, 0.25) is 0 Å². The predicted molar refractivity (Wildman–Crippen MR) is 103 cm³/mol. The summed E-state index contributed by atoms with van der Waals surface area (Å²) in [6.07, 6.45) is 10.8. The summed E-state index contributed by atoms with van der Waals surface area (Å²) in [7, 11) is 0. The van der Waals surface area contributed by atoms with Crippen LogP contribution in [0.15, 0.2) is 0 Å². The van der Waals surface area contributed by atoms with Crippen LogP contribution in [0.3, 0.4) is 0 Å². The SMILES string of the molecule is CCCCC(CC)CN1CC(N)CN(CC(CC)CCCC)C1. The van der Waals surface area contributed by atoms with Crippen LogP contribution >= 0.6 is 0 Å². The van der Waals surface area contributed by atoms with E-state index in [0.29, 0.717) is 6.04 Å². The van der Waals surface area contributed by atoms with Crippen molar-refractivity contribution in [3.05, 3.63) is 0 Å². The lowest BCUT2D eigenvalue weighted by Gasteiger charge is -2.41. The summed E-state index contributed by atoms with van der Waals surface area (Å²) < 4.78 is 0. The Morgan fingerprint density at radius 3 is 1.61 bits per heavy atom. The smallest absolute Gasteiger partial charge is 0.0507 e. The van der Waals surface area contributed by atoms with Gasteiger partial charge in [0, 0.05) is 32.2 Å². The van der Waals surface area contributed by atoms with Crippen LogP contribution in [0.1, 0.15) is 79.1 Å². The molecular formula is C20H43N3. The van der Waals surface area contributed by atoms with Gasteiger partial charge in [-0.1, -0.05) is 66.2 Å². The Bertz CT molecular complexity index is 256. The van der Waals surface area contributed by atoms with Gasteiger partial charge < -0.3 is 5.73 Å². The number of nitrogens with zero attached hydrogens (tertiary/aromatic N) is 2. The average molecular weight is 326 g/mol. The van der Waals surface area contributed by atoms with Crippen molar-refractivity contribution in [1.82, 2.24) is 9.80 Å². The van der Waals surface area contributed by atoms with Gasteiger partial charge in [0.1, 0.15) is 0 Å². The fourth-order valence-electron chi connectivity index (χ4n) is 3.95. The first-order valence-electron chi connectivity index (χ1n) is 10.3. The normalized spacial score (nSPS) is 23.1. The van der Waals surface area contributed by atoms with Gasteiger partial charge >= 0.3 is 0 Å². The number of rotatable bonds is 12. The first-order valence-corrected chi connectivity index (χ1v) is 10.3. The highest BCUT2D eigenvalue weighted by atomic mass is 15.3. The van der Waals surface area contributed by atoms with Crippen molar-refractivity contribution in [2.45, 2.75) is 85.1 Å². The predicted octanol–water partition coefficient (Wildman–Crippen LogP) is 4.32. The summed E-state index contributed by atoms with van der Waals surface area (Å²) in [4.78, 5) is 5.26. The van der Waals surface area contributed by atoms with Gasteiger partial charge in [0.05, 0.1) is 6.67 Å². The van der Waals surface area contributed by atoms with Crippen LogP contribution in [0.4, 0.5) is 0 Å². The van der Waals surface area contributed by atoms with Crippen molar-refractivity contribution < 1.29 is 0 Å². The van der Waals surface area contributed by atoms with Crippen LogP contribution in [0.2, 0.25) is 0 Å². The lowest BCUT2D eigenvalue weighted by Crippen LogP contribution is -2.56. The molecule has 1 aliphatic heterocycles. The zero-order chi connectivity index (χ0) is 17.1. The number of nitrogens with two attached hydrogens (primary N) is 1. The molecule has 0 aromatic carbocycles. The minimum Gasteiger partial charge on any atom is -0.325 e. The molecule has 0 aromatic rings. The molecule has 1 heterocycles. The van der Waals surface area contributed by atoms with E-state index in [9.17, 15) is 0 Å². The van der Waals surface area contributed by atoms with Crippen molar-refractivity contribution >= 4 is 0 Å². The minimum atomic E-state index is 0.330. The van der Waals surface area contributed by atoms with Gasteiger partial charge in [-0.3, -0.25) is 9.80 Å². The Hall–Kier alpha value is -0.120. The largest absolute Gasteiger partial charge is 0.325 e. The molecule has 138 valence electrons.